The van der Waals surface area contributed by atoms with E-state index in [0.717, 1.165) is 22.4 Å². The zero-order chi connectivity index (χ0) is 14.7. The van der Waals surface area contributed by atoms with E-state index >= 15 is 0 Å². The van der Waals surface area contributed by atoms with Gasteiger partial charge < -0.3 is 9.73 Å². The molecule has 0 aliphatic rings. The summed E-state index contributed by atoms with van der Waals surface area (Å²) in [6, 6.07) is 5.98. The molecule has 6 heteroatoms. The molecule has 0 spiro atoms. The molecule has 21 heavy (non-hydrogen) atoms. The quantitative estimate of drug-likeness (QED) is 0.778. The Morgan fingerprint density at radius 2 is 2.33 bits per heavy atom. The third-order valence-corrected chi connectivity index (χ3v) is 3.16. The lowest BCUT2D eigenvalue weighted by molar-refractivity contribution is 0.568. The Hall–Kier alpha value is -2.89. The number of hydrogen-bond donors (Lipinski definition) is 1. The van der Waals surface area contributed by atoms with E-state index in [2.05, 4.69) is 27.2 Å². The van der Waals surface area contributed by atoms with E-state index < -0.39 is 0 Å². The molecule has 2 aromatic heterocycles. The molecule has 2 heterocycles. The smallest absolute Gasteiger partial charge is 0.247 e. The van der Waals surface area contributed by atoms with E-state index in [-0.39, 0.29) is 0 Å². The minimum atomic E-state index is 0.525. The Bertz CT molecular complexity index is 745. The zero-order valence-corrected chi connectivity index (χ0v) is 11.7. The topological polar surface area (TPSA) is 68.8 Å². The fourth-order valence-electron chi connectivity index (χ4n) is 2.06. The van der Waals surface area contributed by atoms with Crippen LogP contribution in [0.3, 0.4) is 0 Å². The lowest BCUT2D eigenvalue weighted by Gasteiger charge is -2.09. The molecule has 1 N–H and O–H groups in total. The van der Waals surface area contributed by atoms with Gasteiger partial charge in [0, 0.05) is 35.8 Å². The standard InChI is InChI=1S/C15H15N5O/c1-3-20-9-12(8-18-20)7-16-14-5-4-13(6-11(14)2)15-19-17-10-21-15/h3-6,8-10,16H,1,7H2,2H3. The van der Waals surface area contributed by atoms with Crippen LogP contribution in [0.4, 0.5) is 5.69 Å². The monoisotopic (exact) mass is 281 g/mol. The number of aromatic nitrogens is 4. The molecule has 1 aromatic carbocycles. The molecule has 0 saturated carbocycles. The van der Waals surface area contributed by atoms with Gasteiger partial charge in [0.05, 0.1) is 6.20 Å². The average Bonchev–Trinajstić information content (AvgIpc) is 3.17. The number of aryl methyl sites for hydroxylation is 1. The molecule has 3 rings (SSSR count). The van der Waals surface area contributed by atoms with Crippen molar-refractivity contribution in [3.05, 3.63) is 54.7 Å². The van der Waals surface area contributed by atoms with Crippen LogP contribution in [-0.2, 0) is 6.54 Å². The van der Waals surface area contributed by atoms with Crippen LogP contribution in [0.1, 0.15) is 11.1 Å². The lowest BCUT2D eigenvalue weighted by atomic mass is 10.1. The summed E-state index contributed by atoms with van der Waals surface area (Å²) in [4.78, 5) is 0. The van der Waals surface area contributed by atoms with Gasteiger partial charge in [-0.1, -0.05) is 6.58 Å². The Morgan fingerprint density at radius 1 is 1.43 bits per heavy atom. The number of benzene rings is 1. The van der Waals surface area contributed by atoms with Crippen molar-refractivity contribution in [3.63, 3.8) is 0 Å². The van der Waals surface area contributed by atoms with Crippen molar-refractivity contribution in [1.82, 2.24) is 20.0 Å². The highest BCUT2D eigenvalue weighted by Crippen LogP contribution is 2.23. The fourth-order valence-corrected chi connectivity index (χ4v) is 2.06. The van der Waals surface area contributed by atoms with E-state index in [9.17, 15) is 0 Å². The molecular formula is C15H15N5O. The largest absolute Gasteiger partial charge is 0.423 e. The first kappa shape index (κ1) is 13.1. The van der Waals surface area contributed by atoms with Crippen LogP contribution in [0.5, 0.6) is 0 Å². The lowest BCUT2D eigenvalue weighted by Crippen LogP contribution is -2.00. The van der Waals surface area contributed by atoms with Crippen molar-refractivity contribution in [1.29, 1.82) is 0 Å². The van der Waals surface area contributed by atoms with Gasteiger partial charge in [-0.15, -0.1) is 10.2 Å². The summed E-state index contributed by atoms with van der Waals surface area (Å²) in [5.74, 6) is 0.525. The third-order valence-electron chi connectivity index (χ3n) is 3.16. The Balaban J connectivity index is 1.72. The van der Waals surface area contributed by atoms with Gasteiger partial charge in [-0.3, -0.25) is 0 Å². The molecule has 3 aromatic rings. The molecule has 0 unspecified atom stereocenters. The van der Waals surface area contributed by atoms with Crippen LogP contribution in [-0.4, -0.2) is 20.0 Å². The van der Waals surface area contributed by atoms with Gasteiger partial charge in [-0.25, -0.2) is 4.68 Å². The number of anilines is 1. The SMILES string of the molecule is C=Cn1cc(CNc2ccc(-c3nnco3)cc2C)cn1. The van der Waals surface area contributed by atoms with Gasteiger partial charge in [0.15, 0.2) is 0 Å². The Kier molecular flexibility index (Phi) is 3.51. The highest BCUT2D eigenvalue weighted by Gasteiger charge is 2.06. The first-order valence-electron chi connectivity index (χ1n) is 6.53. The van der Waals surface area contributed by atoms with Crippen molar-refractivity contribution in [2.24, 2.45) is 0 Å². The van der Waals surface area contributed by atoms with Crippen LogP contribution in [0, 0.1) is 6.92 Å². The molecule has 0 amide bonds. The summed E-state index contributed by atoms with van der Waals surface area (Å²) in [5.41, 5.74) is 4.18. The first-order chi connectivity index (χ1) is 10.3. The third kappa shape index (κ3) is 2.84. The van der Waals surface area contributed by atoms with Gasteiger partial charge in [0.1, 0.15) is 0 Å². The molecule has 106 valence electrons. The molecule has 0 aliphatic carbocycles. The van der Waals surface area contributed by atoms with E-state index in [1.165, 1.54) is 6.39 Å². The van der Waals surface area contributed by atoms with Gasteiger partial charge >= 0.3 is 0 Å². The van der Waals surface area contributed by atoms with E-state index in [1.54, 1.807) is 10.9 Å². The second kappa shape index (κ2) is 5.62. The summed E-state index contributed by atoms with van der Waals surface area (Å²) in [6.07, 6.45) is 6.74. The molecule has 0 aliphatic heterocycles. The van der Waals surface area contributed by atoms with Crippen molar-refractivity contribution >= 4 is 11.9 Å². The van der Waals surface area contributed by atoms with Crippen molar-refractivity contribution in [2.75, 3.05) is 5.32 Å². The average molecular weight is 281 g/mol. The number of nitrogens with zero attached hydrogens (tertiary/aromatic N) is 4. The van der Waals surface area contributed by atoms with Crippen LogP contribution in [0.15, 0.2) is 48.0 Å². The predicted molar refractivity (Wildman–Crippen MR) is 80.4 cm³/mol. The van der Waals surface area contributed by atoms with Crippen LogP contribution >= 0.6 is 0 Å². The zero-order valence-electron chi connectivity index (χ0n) is 11.7. The summed E-state index contributed by atoms with van der Waals surface area (Å²) >= 11 is 0. The van der Waals surface area contributed by atoms with E-state index in [0.29, 0.717) is 12.4 Å². The number of rotatable bonds is 5. The van der Waals surface area contributed by atoms with Gasteiger partial charge in [-0.05, 0) is 30.7 Å². The van der Waals surface area contributed by atoms with E-state index in [1.807, 2.05) is 37.5 Å². The Morgan fingerprint density at radius 3 is 3.00 bits per heavy atom. The maximum absolute atomic E-state index is 5.20. The minimum Gasteiger partial charge on any atom is -0.423 e. The van der Waals surface area contributed by atoms with Crippen molar-refractivity contribution in [2.45, 2.75) is 13.5 Å². The Labute approximate surface area is 122 Å². The van der Waals surface area contributed by atoms with Gasteiger partial charge in [0.2, 0.25) is 12.3 Å². The minimum absolute atomic E-state index is 0.525. The summed E-state index contributed by atoms with van der Waals surface area (Å²) in [6.45, 7) is 6.41. The maximum atomic E-state index is 5.20. The van der Waals surface area contributed by atoms with E-state index in [4.69, 9.17) is 4.42 Å². The van der Waals surface area contributed by atoms with Crippen LogP contribution in [0.25, 0.3) is 17.7 Å². The van der Waals surface area contributed by atoms with Crippen molar-refractivity contribution < 1.29 is 4.42 Å². The summed E-state index contributed by atoms with van der Waals surface area (Å²) in [7, 11) is 0. The van der Waals surface area contributed by atoms with Crippen molar-refractivity contribution in [3.8, 4) is 11.5 Å². The van der Waals surface area contributed by atoms with Gasteiger partial charge in [-0.2, -0.15) is 5.10 Å². The second-order valence-electron chi connectivity index (χ2n) is 4.64. The van der Waals surface area contributed by atoms with Crippen LogP contribution < -0.4 is 5.32 Å². The first-order valence-corrected chi connectivity index (χ1v) is 6.53. The predicted octanol–water partition coefficient (Wildman–Crippen LogP) is 2.95. The molecule has 0 radical (unpaired) electrons. The van der Waals surface area contributed by atoms with Crippen LogP contribution in [0.2, 0.25) is 0 Å². The van der Waals surface area contributed by atoms with Gasteiger partial charge in [0.25, 0.3) is 0 Å². The maximum Gasteiger partial charge on any atom is 0.247 e. The summed E-state index contributed by atoms with van der Waals surface area (Å²) in [5, 5.41) is 15.1. The highest BCUT2D eigenvalue weighted by atomic mass is 16.4. The number of nitrogens with one attached hydrogen (secondary N) is 1. The fraction of sp³-hybridized carbons (Fsp3) is 0.133. The highest BCUT2D eigenvalue weighted by molar-refractivity contribution is 5.62. The normalized spacial score (nSPS) is 10.5. The molecule has 0 atom stereocenters. The molecule has 6 nitrogen and oxygen atoms in total. The number of hydrogen-bond acceptors (Lipinski definition) is 5. The summed E-state index contributed by atoms with van der Waals surface area (Å²) < 4.78 is 6.88. The molecular weight excluding hydrogens is 266 g/mol. The molecule has 0 fully saturated rings. The second-order valence-corrected chi connectivity index (χ2v) is 4.64. The molecule has 0 saturated heterocycles. The molecule has 0 bridgehead atoms.